The zero-order valence-electron chi connectivity index (χ0n) is 23.4. The van der Waals surface area contributed by atoms with E-state index in [4.69, 9.17) is 23.7 Å². The van der Waals surface area contributed by atoms with Gasteiger partial charge in [0.2, 0.25) is 11.8 Å². The van der Waals surface area contributed by atoms with Gasteiger partial charge in [-0.3, -0.25) is 9.59 Å². The summed E-state index contributed by atoms with van der Waals surface area (Å²) >= 11 is 2.77. The third-order valence-electron chi connectivity index (χ3n) is 6.25. The summed E-state index contributed by atoms with van der Waals surface area (Å²) in [6.45, 7) is 0.544. The fraction of sp³-hybridized carbons (Fsp3) is 0.103. The van der Waals surface area contributed by atoms with E-state index >= 15 is 0 Å². The molecule has 47 heavy (non-hydrogen) atoms. The number of hydrogen-bond donors (Lipinski definition) is 3. The maximum atomic E-state index is 12.7. The lowest BCUT2D eigenvalue weighted by Gasteiger charge is -2.07. The highest BCUT2D eigenvalue weighted by molar-refractivity contribution is 7.13. The third kappa shape index (κ3) is 7.23. The SMILES string of the molecule is O=C(O)C(F)(F)F.O=C1NCc2cccc(c2)CNC(=O)c2coc(n2)-c2csc(n2)-c2cccc(n2)-c2nc(cs2)-c2nc1co2. The summed E-state index contributed by atoms with van der Waals surface area (Å²) in [6, 6.07) is 13.1. The Balaban J connectivity index is 0.000000499. The van der Waals surface area contributed by atoms with Gasteiger partial charge in [0.1, 0.15) is 33.9 Å². The molecule has 0 atom stereocenters. The molecule has 0 radical (unpaired) electrons. The first-order valence-electron chi connectivity index (χ1n) is 13.3. The minimum atomic E-state index is -5.08. The van der Waals surface area contributed by atoms with Crippen molar-refractivity contribution < 1.29 is 41.5 Å². The first-order chi connectivity index (χ1) is 22.5. The molecule has 0 fully saturated rings. The molecule has 0 aliphatic carbocycles. The number of rotatable bonds is 0. The highest BCUT2D eigenvalue weighted by Gasteiger charge is 2.38. The second-order valence-electron chi connectivity index (χ2n) is 9.55. The van der Waals surface area contributed by atoms with E-state index in [1.54, 1.807) is 10.8 Å². The number of halogens is 3. The number of pyridine rings is 1. The zero-order chi connectivity index (χ0) is 33.1. The largest absolute Gasteiger partial charge is 0.490 e. The van der Waals surface area contributed by atoms with E-state index in [-0.39, 0.29) is 48.1 Å². The Labute approximate surface area is 269 Å². The number of thiazole rings is 2. The van der Waals surface area contributed by atoms with E-state index in [1.165, 1.54) is 35.2 Å². The van der Waals surface area contributed by atoms with Gasteiger partial charge in [0.05, 0.1) is 11.4 Å². The molecule has 2 amide bonds. The van der Waals surface area contributed by atoms with Gasteiger partial charge in [0.25, 0.3) is 11.8 Å². The van der Waals surface area contributed by atoms with Crippen LogP contribution in [0.3, 0.4) is 0 Å². The summed E-state index contributed by atoms with van der Waals surface area (Å²) in [6.07, 6.45) is -2.46. The van der Waals surface area contributed by atoms with Crippen molar-refractivity contribution in [1.82, 2.24) is 35.6 Å². The van der Waals surface area contributed by atoms with Gasteiger partial charge in [-0.05, 0) is 23.3 Å². The van der Waals surface area contributed by atoms with Crippen molar-refractivity contribution >= 4 is 40.5 Å². The van der Waals surface area contributed by atoms with E-state index < -0.39 is 12.1 Å². The summed E-state index contributed by atoms with van der Waals surface area (Å²) in [7, 11) is 0. The number of nitrogens with one attached hydrogen (secondary N) is 2. The van der Waals surface area contributed by atoms with Gasteiger partial charge in [-0.25, -0.2) is 29.7 Å². The van der Waals surface area contributed by atoms with Gasteiger partial charge in [-0.15, -0.1) is 22.7 Å². The van der Waals surface area contributed by atoms with E-state index in [0.29, 0.717) is 32.8 Å². The highest BCUT2D eigenvalue weighted by atomic mass is 32.1. The van der Waals surface area contributed by atoms with Crippen molar-refractivity contribution in [3.63, 3.8) is 0 Å². The molecule has 0 unspecified atom stereocenters. The number of carboxylic acids is 1. The molecule has 0 spiro atoms. The van der Waals surface area contributed by atoms with Crippen molar-refractivity contribution in [2.75, 3.05) is 0 Å². The predicted octanol–water partition coefficient (Wildman–Crippen LogP) is 5.45. The smallest absolute Gasteiger partial charge is 0.475 e. The van der Waals surface area contributed by atoms with Crippen LogP contribution in [0, 0.1) is 0 Å². The van der Waals surface area contributed by atoms with Crippen molar-refractivity contribution in [1.29, 1.82) is 0 Å². The number of aliphatic carboxylic acids is 1. The average molecular weight is 682 g/mol. The standard InChI is InChI=1S/C27H17N7O4S2.C2HF3O2/c35-22-18-10-37-24(31-18)20-12-39-26(33-20)16-5-2-6-17(30-16)27-34-21(13-40-27)25-32-19(11-38-25)23(36)29-9-15-4-1-3-14(7-15)8-28-22;3-2(4,5)1(6)7/h1-7,10-13H,8-9H2,(H,28,35)(H,29,36);(H,6,7). The Kier molecular flexibility index (Phi) is 8.59. The summed E-state index contributed by atoms with van der Waals surface area (Å²) in [5.41, 5.74) is 4.34. The molecule has 3 N–H and O–H groups in total. The third-order valence-corrected chi connectivity index (χ3v) is 7.98. The summed E-state index contributed by atoms with van der Waals surface area (Å²) in [5.74, 6) is -3.03. The Hall–Kier alpha value is -5.75. The van der Waals surface area contributed by atoms with Gasteiger partial charge < -0.3 is 24.6 Å². The molecule has 12 bridgehead atoms. The lowest BCUT2D eigenvalue weighted by atomic mass is 10.1. The van der Waals surface area contributed by atoms with Crippen LogP contribution < -0.4 is 10.6 Å². The number of alkyl halides is 3. The molecule has 238 valence electrons. The van der Waals surface area contributed by atoms with Gasteiger partial charge in [-0.1, -0.05) is 30.3 Å². The van der Waals surface area contributed by atoms with Crippen molar-refractivity contribution in [2.45, 2.75) is 19.3 Å². The first kappa shape index (κ1) is 31.2. The van der Waals surface area contributed by atoms with Crippen LogP contribution in [0.2, 0.25) is 0 Å². The molecule has 0 saturated heterocycles. The second-order valence-corrected chi connectivity index (χ2v) is 11.3. The molecule has 1 aromatic carbocycles. The van der Waals surface area contributed by atoms with Crippen molar-refractivity contribution in [3.05, 3.63) is 88.3 Å². The van der Waals surface area contributed by atoms with Crippen LogP contribution in [-0.4, -0.2) is 54.0 Å². The number of hydrogen-bond acceptors (Lipinski definition) is 12. The molecule has 6 aromatic rings. The van der Waals surface area contributed by atoms with Crippen LogP contribution in [0.1, 0.15) is 32.1 Å². The maximum absolute atomic E-state index is 12.7. The number of carbonyl (C=O) groups is 3. The van der Waals surface area contributed by atoms with Crippen molar-refractivity contribution in [2.24, 2.45) is 0 Å². The van der Waals surface area contributed by atoms with Crippen molar-refractivity contribution in [3.8, 4) is 44.6 Å². The van der Waals surface area contributed by atoms with Crippen LogP contribution in [-0.2, 0) is 17.9 Å². The lowest BCUT2D eigenvalue weighted by Crippen LogP contribution is -2.24. The number of benzene rings is 1. The van der Waals surface area contributed by atoms with Gasteiger partial charge >= 0.3 is 12.1 Å². The number of aromatic nitrogens is 5. The molecule has 18 heteroatoms. The van der Waals surface area contributed by atoms with Gasteiger partial charge in [0, 0.05) is 23.8 Å². The topological polar surface area (TPSA) is 186 Å². The summed E-state index contributed by atoms with van der Waals surface area (Å²) < 4.78 is 42.9. The molecular weight excluding hydrogens is 663 g/mol. The summed E-state index contributed by atoms with van der Waals surface area (Å²) in [5, 5.41) is 17.8. The van der Waals surface area contributed by atoms with E-state index in [1.807, 2.05) is 42.5 Å². The number of amides is 2. The molecule has 5 aromatic heterocycles. The van der Waals surface area contributed by atoms with Gasteiger partial charge in [0.15, 0.2) is 11.4 Å². The van der Waals surface area contributed by atoms with Gasteiger partial charge in [-0.2, -0.15) is 13.2 Å². The van der Waals surface area contributed by atoms with Crippen LogP contribution >= 0.6 is 22.7 Å². The Morgan fingerprint density at radius 3 is 1.60 bits per heavy atom. The minimum absolute atomic E-state index is 0.147. The van der Waals surface area contributed by atoms with Crippen LogP contribution in [0.15, 0.2) is 74.6 Å². The highest BCUT2D eigenvalue weighted by Crippen LogP contribution is 2.31. The van der Waals surface area contributed by atoms with Crippen LogP contribution in [0.5, 0.6) is 0 Å². The Bertz CT molecular complexity index is 1980. The number of fused-ring (bicyclic) bond motifs is 16. The number of nitrogens with zero attached hydrogens (tertiary/aromatic N) is 5. The minimum Gasteiger partial charge on any atom is -0.475 e. The molecule has 0 saturated carbocycles. The molecule has 13 nitrogen and oxygen atoms in total. The van der Waals surface area contributed by atoms with E-state index in [9.17, 15) is 22.8 Å². The summed E-state index contributed by atoms with van der Waals surface area (Å²) in [4.78, 5) is 57.0. The number of carboxylic acid groups (broad SMARTS) is 1. The Morgan fingerprint density at radius 2 is 1.15 bits per heavy atom. The quantitative estimate of drug-likeness (QED) is 0.185. The molecule has 1 aliphatic rings. The van der Waals surface area contributed by atoms with Crippen LogP contribution in [0.4, 0.5) is 13.2 Å². The average Bonchev–Trinajstić information content (AvgIpc) is 3.88. The fourth-order valence-corrected chi connectivity index (χ4v) is 5.56. The van der Waals surface area contributed by atoms with E-state index in [2.05, 4.69) is 30.6 Å². The monoisotopic (exact) mass is 681 g/mol. The molecular formula is C29H18F3N7O6S2. The molecule has 7 rings (SSSR count). The second kappa shape index (κ2) is 12.9. The van der Waals surface area contributed by atoms with E-state index in [0.717, 1.165) is 11.1 Å². The fourth-order valence-electron chi connectivity index (χ4n) is 4.04. The molecule has 6 heterocycles. The predicted molar refractivity (Wildman–Crippen MR) is 160 cm³/mol. The van der Waals surface area contributed by atoms with Crippen LogP contribution in [0.25, 0.3) is 44.6 Å². The molecule has 1 aliphatic heterocycles. The first-order valence-corrected chi connectivity index (χ1v) is 15.0. The zero-order valence-corrected chi connectivity index (χ0v) is 25.1. The lowest BCUT2D eigenvalue weighted by molar-refractivity contribution is -0.192. The number of oxazole rings is 2. The normalized spacial score (nSPS) is 13.0. The maximum Gasteiger partial charge on any atom is 0.490 e. The number of carbonyl (C=O) groups excluding carboxylic acids is 2. The Morgan fingerprint density at radius 1 is 0.702 bits per heavy atom.